The lowest BCUT2D eigenvalue weighted by Crippen LogP contribution is -2.42. The van der Waals surface area contributed by atoms with Gasteiger partial charge in [0.2, 0.25) is 0 Å². The van der Waals surface area contributed by atoms with Gasteiger partial charge in [-0.1, -0.05) is 40.9 Å². The highest BCUT2D eigenvalue weighted by Crippen LogP contribution is 2.29. The van der Waals surface area contributed by atoms with E-state index in [2.05, 4.69) is 4.98 Å². The minimum atomic E-state index is -0.427. The van der Waals surface area contributed by atoms with Gasteiger partial charge in [-0.2, -0.15) is 0 Å². The Morgan fingerprint density at radius 3 is 2.67 bits per heavy atom. The second-order valence-corrected chi connectivity index (χ2v) is 6.57. The SMILES string of the molecule is O=C(c1c[nH]c(=O)c(Cl)c1)N1CCOC(c2ccc(Cl)c(Cl)c2)C1. The minimum Gasteiger partial charge on any atom is -0.370 e. The molecule has 1 amide bonds. The van der Waals surface area contributed by atoms with Gasteiger partial charge in [-0.25, -0.2) is 0 Å². The zero-order valence-electron chi connectivity index (χ0n) is 12.4. The average molecular weight is 388 g/mol. The van der Waals surface area contributed by atoms with E-state index in [4.69, 9.17) is 39.5 Å². The fourth-order valence-electron chi connectivity index (χ4n) is 2.51. The van der Waals surface area contributed by atoms with Crippen LogP contribution in [0.1, 0.15) is 22.0 Å². The molecule has 3 rings (SSSR count). The fourth-order valence-corrected chi connectivity index (χ4v) is 2.99. The number of H-pyrrole nitrogens is 1. The molecule has 1 aliphatic heterocycles. The molecule has 0 saturated carbocycles. The van der Waals surface area contributed by atoms with Crippen molar-refractivity contribution in [2.75, 3.05) is 19.7 Å². The molecule has 1 aromatic carbocycles. The maximum Gasteiger partial charge on any atom is 0.266 e. The van der Waals surface area contributed by atoms with Crippen molar-refractivity contribution in [3.8, 4) is 0 Å². The summed E-state index contributed by atoms with van der Waals surface area (Å²) < 4.78 is 5.74. The molecule has 24 heavy (non-hydrogen) atoms. The molecule has 0 bridgehead atoms. The summed E-state index contributed by atoms with van der Waals surface area (Å²) in [5, 5.41) is 0.885. The van der Waals surface area contributed by atoms with E-state index in [9.17, 15) is 9.59 Å². The molecule has 8 heteroatoms. The molecule has 1 N–H and O–H groups in total. The third-order valence-corrected chi connectivity index (χ3v) is 4.79. The summed E-state index contributed by atoms with van der Waals surface area (Å²) in [6, 6.07) is 6.63. The van der Waals surface area contributed by atoms with Crippen molar-refractivity contribution in [1.29, 1.82) is 0 Å². The first-order valence-corrected chi connectivity index (χ1v) is 8.33. The summed E-state index contributed by atoms with van der Waals surface area (Å²) in [5.74, 6) is -0.221. The van der Waals surface area contributed by atoms with E-state index in [1.54, 1.807) is 17.0 Å². The first-order valence-electron chi connectivity index (χ1n) is 7.20. The highest BCUT2D eigenvalue weighted by molar-refractivity contribution is 6.42. The van der Waals surface area contributed by atoms with Gasteiger partial charge in [-0.15, -0.1) is 0 Å². The molecule has 126 valence electrons. The molecule has 2 aromatic rings. The van der Waals surface area contributed by atoms with Crippen LogP contribution in [0.4, 0.5) is 0 Å². The Morgan fingerprint density at radius 1 is 1.17 bits per heavy atom. The van der Waals surface area contributed by atoms with E-state index in [1.807, 2.05) is 6.07 Å². The number of amides is 1. The Morgan fingerprint density at radius 2 is 1.96 bits per heavy atom. The number of carbonyl (C=O) groups is 1. The number of hydrogen-bond donors (Lipinski definition) is 1. The standard InChI is InChI=1S/C16H13Cl3N2O3/c17-11-2-1-9(5-12(11)18)14-8-21(3-4-24-14)16(23)10-6-13(19)15(22)20-7-10/h1-2,5-7,14H,3-4,8H2,(H,20,22). The summed E-state index contributed by atoms with van der Waals surface area (Å²) in [6.07, 6.45) is 1.07. The molecular weight excluding hydrogens is 375 g/mol. The number of morpholine rings is 1. The number of benzene rings is 1. The van der Waals surface area contributed by atoms with Crippen LogP contribution < -0.4 is 5.56 Å². The normalized spacial score (nSPS) is 17.8. The van der Waals surface area contributed by atoms with Crippen LogP contribution in [-0.2, 0) is 4.74 Å². The highest BCUT2D eigenvalue weighted by atomic mass is 35.5. The molecule has 1 atom stereocenters. The molecule has 1 fully saturated rings. The Kier molecular flexibility index (Phi) is 5.15. The molecular formula is C16H13Cl3N2O3. The molecule has 0 radical (unpaired) electrons. The van der Waals surface area contributed by atoms with Crippen molar-refractivity contribution in [2.45, 2.75) is 6.10 Å². The topological polar surface area (TPSA) is 62.4 Å². The van der Waals surface area contributed by atoms with Crippen LogP contribution in [0, 0.1) is 0 Å². The summed E-state index contributed by atoms with van der Waals surface area (Å²) >= 11 is 17.8. The smallest absolute Gasteiger partial charge is 0.266 e. The predicted octanol–water partition coefficient (Wildman–Crippen LogP) is 3.55. The molecule has 0 aliphatic carbocycles. The average Bonchev–Trinajstić information content (AvgIpc) is 2.59. The number of hydrogen-bond acceptors (Lipinski definition) is 3. The molecule has 1 aliphatic rings. The lowest BCUT2D eigenvalue weighted by molar-refractivity contribution is -0.0228. The fraction of sp³-hybridized carbons (Fsp3) is 0.250. The van der Waals surface area contributed by atoms with Crippen molar-refractivity contribution < 1.29 is 9.53 Å². The third kappa shape index (κ3) is 3.59. The molecule has 5 nitrogen and oxygen atoms in total. The van der Waals surface area contributed by atoms with Gasteiger partial charge in [0, 0.05) is 12.7 Å². The van der Waals surface area contributed by atoms with Crippen molar-refractivity contribution in [3.63, 3.8) is 0 Å². The Bertz CT molecular complexity index is 838. The zero-order valence-corrected chi connectivity index (χ0v) is 14.7. The largest absolute Gasteiger partial charge is 0.370 e. The van der Waals surface area contributed by atoms with Crippen LogP contribution in [0.2, 0.25) is 15.1 Å². The van der Waals surface area contributed by atoms with Crippen LogP contribution in [0.25, 0.3) is 0 Å². The number of aromatic nitrogens is 1. The first-order chi connectivity index (χ1) is 11.5. The van der Waals surface area contributed by atoms with Gasteiger partial charge in [-0.05, 0) is 23.8 Å². The Labute approximate surface area is 153 Å². The number of pyridine rings is 1. The lowest BCUT2D eigenvalue weighted by Gasteiger charge is -2.33. The number of aromatic amines is 1. The number of rotatable bonds is 2. The van der Waals surface area contributed by atoms with Gasteiger partial charge in [-0.3, -0.25) is 9.59 Å². The molecule has 1 unspecified atom stereocenters. The Balaban J connectivity index is 1.79. The van der Waals surface area contributed by atoms with E-state index in [0.717, 1.165) is 5.56 Å². The quantitative estimate of drug-likeness (QED) is 0.857. The number of ether oxygens (including phenoxy) is 1. The van der Waals surface area contributed by atoms with E-state index >= 15 is 0 Å². The van der Waals surface area contributed by atoms with Crippen LogP contribution in [-0.4, -0.2) is 35.5 Å². The maximum absolute atomic E-state index is 12.6. The van der Waals surface area contributed by atoms with Crippen molar-refractivity contribution in [3.05, 3.63) is 67.0 Å². The highest BCUT2D eigenvalue weighted by Gasteiger charge is 2.27. The molecule has 2 heterocycles. The van der Waals surface area contributed by atoms with Crippen molar-refractivity contribution >= 4 is 40.7 Å². The van der Waals surface area contributed by atoms with Gasteiger partial charge in [0.05, 0.1) is 28.8 Å². The van der Waals surface area contributed by atoms with Crippen molar-refractivity contribution in [1.82, 2.24) is 9.88 Å². The van der Waals surface area contributed by atoms with Gasteiger partial charge < -0.3 is 14.6 Å². The number of nitrogens with one attached hydrogen (secondary N) is 1. The predicted molar refractivity (Wildman–Crippen MR) is 93.1 cm³/mol. The third-order valence-electron chi connectivity index (χ3n) is 3.77. The van der Waals surface area contributed by atoms with Crippen LogP contribution >= 0.6 is 34.8 Å². The maximum atomic E-state index is 12.6. The van der Waals surface area contributed by atoms with E-state index in [1.165, 1.54) is 12.3 Å². The van der Waals surface area contributed by atoms with Crippen molar-refractivity contribution in [2.24, 2.45) is 0 Å². The van der Waals surface area contributed by atoms with E-state index < -0.39 is 5.56 Å². The number of halogens is 3. The summed E-state index contributed by atoms with van der Waals surface area (Å²) in [7, 11) is 0. The van der Waals surface area contributed by atoms with Crippen LogP contribution in [0.15, 0.2) is 35.3 Å². The molecule has 1 aromatic heterocycles. The monoisotopic (exact) mass is 386 g/mol. The molecule has 1 saturated heterocycles. The van der Waals surface area contributed by atoms with E-state index in [0.29, 0.717) is 35.3 Å². The number of nitrogens with zero attached hydrogens (tertiary/aromatic N) is 1. The minimum absolute atomic E-state index is 0.0184. The Hall–Kier alpha value is -1.53. The van der Waals surface area contributed by atoms with Crippen LogP contribution in [0.3, 0.4) is 0 Å². The zero-order chi connectivity index (χ0) is 17.3. The lowest BCUT2D eigenvalue weighted by atomic mass is 10.1. The van der Waals surface area contributed by atoms with Gasteiger partial charge in [0.25, 0.3) is 11.5 Å². The van der Waals surface area contributed by atoms with E-state index in [-0.39, 0.29) is 17.0 Å². The number of carbonyl (C=O) groups excluding carboxylic acids is 1. The summed E-state index contributed by atoms with van der Waals surface area (Å²) in [5.41, 5.74) is 0.750. The second-order valence-electron chi connectivity index (χ2n) is 5.35. The summed E-state index contributed by atoms with van der Waals surface area (Å²) in [6.45, 7) is 1.22. The van der Waals surface area contributed by atoms with Crippen LogP contribution in [0.5, 0.6) is 0 Å². The first kappa shape index (κ1) is 17.3. The van der Waals surface area contributed by atoms with Gasteiger partial charge >= 0.3 is 0 Å². The molecule has 0 spiro atoms. The van der Waals surface area contributed by atoms with Gasteiger partial charge in [0.15, 0.2) is 0 Å². The van der Waals surface area contributed by atoms with Gasteiger partial charge in [0.1, 0.15) is 11.1 Å². The summed E-state index contributed by atoms with van der Waals surface area (Å²) in [4.78, 5) is 28.0. The second kappa shape index (κ2) is 7.15.